The number of carbonyl (C=O) groups is 1. The molecule has 4 rings (SSSR count). The van der Waals surface area contributed by atoms with Crippen LogP contribution in [0.4, 0.5) is 4.39 Å². The highest BCUT2D eigenvalue weighted by molar-refractivity contribution is 5.82. The van der Waals surface area contributed by atoms with E-state index < -0.39 is 0 Å². The van der Waals surface area contributed by atoms with Gasteiger partial charge in [0.15, 0.2) is 0 Å². The lowest BCUT2D eigenvalue weighted by Crippen LogP contribution is -2.45. The number of nitrogens with one attached hydrogen (secondary N) is 1. The van der Waals surface area contributed by atoms with Crippen molar-refractivity contribution in [2.24, 2.45) is 0 Å². The van der Waals surface area contributed by atoms with E-state index in [1.165, 1.54) is 6.07 Å². The molecule has 1 saturated heterocycles. The summed E-state index contributed by atoms with van der Waals surface area (Å²) in [5, 5.41) is 7.29. The van der Waals surface area contributed by atoms with Crippen LogP contribution < -0.4 is 5.32 Å². The number of hydrogen-bond donors (Lipinski definition) is 1. The van der Waals surface area contributed by atoms with E-state index in [0.29, 0.717) is 30.8 Å². The highest BCUT2D eigenvalue weighted by Crippen LogP contribution is 2.31. The monoisotopic (exact) mass is 315 g/mol. The van der Waals surface area contributed by atoms with Crippen molar-refractivity contribution in [3.63, 3.8) is 0 Å². The largest absolute Gasteiger partial charge is 0.360 e. The van der Waals surface area contributed by atoms with E-state index in [0.717, 1.165) is 30.7 Å². The van der Waals surface area contributed by atoms with Crippen molar-refractivity contribution in [3.05, 3.63) is 41.4 Å². The Labute approximate surface area is 133 Å². The Morgan fingerprint density at radius 2 is 2.26 bits per heavy atom. The molecule has 0 bridgehead atoms. The summed E-state index contributed by atoms with van der Waals surface area (Å²) in [7, 11) is 0. The van der Waals surface area contributed by atoms with Gasteiger partial charge in [-0.15, -0.1) is 0 Å². The molecule has 2 aromatic rings. The Bertz CT molecular complexity index is 737. The summed E-state index contributed by atoms with van der Waals surface area (Å²) in [5.74, 6) is 0.546. The molecule has 2 aliphatic heterocycles. The number of fused-ring (bicyclic) bond motifs is 1. The fraction of sp³-hybridized carbons (Fsp3) is 0.412. The Kier molecular flexibility index (Phi) is 3.61. The normalized spacial score (nSPS) is 20.6. The maximum atomic E-state index is 14.1. The van der Waals surface area contributed by atoms with Gasteiger partial charge in [-0.05, 0) is 31.5 Å². The number of halogens is 1. The smallest absolute Gasteiger partial charge is 0.240 e. The Balaban J connectivity index is 1.63. The molecule has 1 aromatic heterocycles. The van der Waals surface area contributed by atoms with E-state index >= 15 is 0 Å². The molecule has 1 aromatic carbocycles. The van der Waals surface area contributed by atoms with Crippen LogP contribution in [0.15, 0.2) is 28.8 Å². The number of amides is 1. The SMILES string of the molecule is O=C([C@H]1CCCN1)N1CCc2onc(-c3ccccc3F)c2C1. The van der Waals surface area contributed by atoms with Gasteiger partial charge in [0, 0.05) is 24.1 Å². The van der Waals surface area contributed by atoms with Crippen LogP contribution in [0.2, 0.25) is 0 Å². The maximum Gasteiger partial charge on any atom is 0.240 e. The van der Waals surface area contributed by atoms with Crippen LogP contribution in [-0.2, 0) is 17.8 Å². The summed E-state index contributed by atoms with van der Waals surface area (Å²) in [6.45, 7) is 1.94. The molecule has 1 amide bonds. The van der Waals surface area contributed by atoms with Crippen molar-refractivity contribution in [3.8, 4) is 11.3 Å². The van der Waals surface area contributed by atoms with Gasteiger partial charge in [0.1, 0.15) is 17.3 Å². The van der Waals surface area contributed by atoms with Crippen molar-refractivity contribution in [2.75, 3.05) is 13.1 Å². The quantitative estimate of drug-likeness (QED) is 0.922. The fourth-order valence-corrected chi connectivity index (χ4v) is 3.38. The first-order valence-electron chi connectivity index (χ1n) is 7.98. The molecule has 0 saturated carbocycles. The second kappa shape index (κ2) is 5.77. The Morgan fingerprint density at radius 1 is 1.39 bits per heavy atom. The van der Waals surface area contributed by atoms with E-state index in [9.17, 15) is 9.18 Å². The van der Waals surface area contributed by atoms with Crippen molar-refractivity contribution in [1.82, 2.24) is 15.4 Å². The van der Waals surface area contributed by atoms with Crippen molar-refractivity contribution in [2.45, 2.75) is 31.8 Å². The standard InChI is InChI=1S/C17H18FN3O2/c18-13-5-2-1-4-11(13)16-12-10-21(9-7-15(12)23-20-16)17(22)14-6-3-8-19-14/h1-2,4-5,14,19H,3,6-10H2/t14-/m1/s1. The van der Waals surface area contributed by atoms with Gasteiger partial charge >= 0.3 is 0 Å². The van der Waals surface area contributed by atoms with Crippen molar-refractivity contribution >= 4 is 5.91 Å². The summed E-state index contributed by atoms with van der Waals surface area (Å²) < 4.78 is 19.4. The van der Waals surface area contributed by atoms with Crippen LogP contribution in [-0.4, -0.2) is 35.1 Å². The summed E-state index contributed by atoms with van der Waals surface area (Å²) in [5.41, 5.74) is 1.76. The third-order valence-electron chi connectivity index (χ3n) is 4.63. The zero-order valence-corrected chi connectivity index (χ0v) is 12.7. The molecule has 5 nitrogen and oxygen atoms in total. The zero-order valence-electron chi connectivity index (χ0n) is 12.7. The highest BCUT2D eigenvalue weighted by atomic mass is 19.1. The first-order valence-corrected chi connectivity index (χ1v) is 7.98. The molecule has 0 unspecified atom stereocenters. The van der Waals surface area contributed by atoms with Gasteiger partial charge in [-0.2, -0.15) is 0 Å². The summed E-state index contributed by atoms with van der Waals surface area (Å²) >= 11 is 0. The molecule has 1 N–H and O–H groups in total. The minimum atomic E-state index is -0.329. The van der Waals surface area contributed by atoms with Crippen LogP contribution in [0.25, 0.3) is 11.3 Å². The predicted octanol–water partition coefficient (Wildman–Crippen LogP) is 2.12. The van der Waals surface area contributed by atoms with E-state index in [1.807, 2.05) is 4.90 Å². The van der Waals surface area contributed by atoms with E-state index in [2.05, 4.69) is 10.5 Å². The minimum absolute atomic E-state index is 0.0895. The average molecular weight is 315 g/mol. The highest BCUT2D eigenvalue weighted by Gasteiger charge is 2.32. The fourth-order valence-electron chi connectivity index (χ4n) is 3.38. The van der Waals surface area contributed by atoms with Crippen molar-refractivity contribution in [1.29, 1.82) is 0 Å². The van der Waals surface area contributed by atoms with Gasteiger partial charge in [-0.1, -0.05) is 17.3 Å². The number of aromatic nitrogens is 1. The third kappa shape index (κ3) is 2.53. The molecule has 1 fully saturated rings. The zero-order chi connectivity index (χ0) is 15.8. The number of benzene rings is 1. The van der Waals surface area contributed by atoms with Crippen LogP contribution >= 0.6 is 0 Å². The molecule has 6 heteroatoms. The van der Waals surface area contributed by atoms with Crippen LogP contribution in [0.1, 0.15) is 24.2 Å². The second-order valence-electron chi connectivity index (χ2n) is 6.07. The minimum Gasteiger partial charge on any atom is -0.360 e. The molecular weight excluding hydrogens is 297 g/mol. The molecule has 3 heterocycles. The molecular formula is C17H18FN3O2. The number of hydrogen-bond acceptors (Lipinski definition) is 4. The number of nitrogens with zero attached hydrogens (tertiary/aromatic N) is 2. The first-order chi connectivity index (χ1) is 11.2. The molecule has 2 aliphatic rings. The van der Waals surface area contributed by atoms with Gasteiger partial charge in [0.2, 0.25) is 5.91 Å². The topological polar surface area (TPSA) is 58.4 Å². The van der Waals surface area contributed by atoms with Gasteiger partial charge in [0.25, 0.3) is 0 Å². The third-order valence-corrected chi connectivity index (χ3v) is 4.63. The van der Waals surface area contributed by atoms with Crippen molar-refractivity contribution < 1.29 is 13.7 Å². The molecule has 0 spiro atoms. The summed E-state index contributed by atoms with van der Waals surface area (Å²) in [4.78, 5) is 14.4. The molecule has 1 atom stereocenters. The molecule has 23 heavy (non-hydrogen) atoms. The summed E-state index contributed by atoms with van der Waals surface area (Å²) in [6, 6.07) is 6.42. The van der Waals surface area contributed by atoms with Gasteiger partial charge in [-0.25, -0.2) is 4.39 Å². The molecule has 0 aliphatic carbocycles. The van der Waals surface area contributed by atoms with Gasteiger partial charge in [-0.3, -0.25) is 4.79 Å². The lowest BCUT2D eigenvalue weighted by atomic mass is 10.0. The van der Waals surface area contributed by atoms with Gasteiger partial charge < -0.3 is 14.7 Å². The molecule has 120 valence electrons. The Hall–Kier alpha value is -2.21. The van der Waals surface area contributed by atoms with E-state index in [-0.39, 0.29) is 17.8 Å². The van der Waals surface area contributed by atoms with Crippen LogP contribution in [0.3, 0.4) is 0 Å². The lowest BCUT2D eigenvalue weighted by molar-refractivity contribution is -0.134. The molecule has 0 radical (unpaired) electrons. The lowest BCUT2D eigenvalue weighted by Gasteiger charge is -2.28. The van der Waals surface area contributed by atoms with E-state index in [4.69, 9.17) is 4.52 Å². The first kappa shape index (κ1) is 14.4. The van der Waals surface area contributed by atoms with Crippen LogP contribution in [0, 0.1) is 5.82 Å². The van der Waals surface area contributed by atoms with E-state index in [1.54, 1.807) is 18.2 Å². The second-order valence-corrected chi connectivity index (χ2v) is 6.07. The van der Waals surface area contributed by atoms with Gasteiger partial charge in [0.05, 0.1) is 12.6 Å². The predicted molar refractivity (Wildman–Crippen MR) is 82.0 cm³/mol. The Morgan fingerprint density at radius 3 is 3.04 bits per heavy atom. The number of carbonyl (C=O) groups excluding carboxylic acids is 1. The van der Waals surface area contributed by atoms with Crippen LogP contribution in [0.5, 0.6) is 0 Å². The maximum absolute atomic E-state index is 14.1. The average Bonchev–Trinajstić information content (AvgIpc) is 3.24. The number of rotatable bonds is 2. The summed E-state index contributed by atoms with van der Waals surface area (Å²) in [6.07, 6.45) is 2.53.